The van der Waals surface area contributed by atoms with Crippen molar-refractivity contribution in [1.82, 2.24) is 10.2 Å². The number of nitrogens with zero attached hydrogens (tertiary/aromatic N) is 2. The van der Waals surface area contributed by atoms with E-state index in [1.807, 2.05) is 37.3 Å². The Hall–Kier alpha value is -3.56. The van der Waals surface area contributed by atoms with Gasteiger partial charge in [-0.2, -0.15) is 0 Å². The lowest BCUT2D eigenvalue weighted by Crippen LogP contribution is -2.53. The monoisotopic (exact) mass is 657 g/mol. The number of aryl methyl sites for hydroxylation is 1. The first kappa shape index (κ1) is 32.4. The lowest BCUT2D eigenvalue weighted by molar-refractivity contribution is -0.139. The second kappa shape index (κ2) is 14.3. The molecule has 4 aromatic carbocycles. The fraction of sp³-hybridized carbons (Fsp3) is 0.188. The molecule has 0 spiro atoms. The Balaban J connectivity index is 1.81. The van der Waals surface area contributed by atoms with E-state index in [9.17, 15) is 18.0 Å². The van der Waals surface area contributed by atoms with Gasteiger partial charge in [0.25, 0.3) is 10.0 Å². The van der Waals surface area contributed by atoms with Crippen LogP contribution in [0, 0.1) is 6.92 Å². The number of halogens is 3. The maximum Gasteiger partial charge on any atom is 0.264 e. The summed E-state index contributed by atoms with van der Waals surface area (Å²) in [5.41, 5.74) is 2.43. The topological polar surface area (TPSA) is 86.8 Å². The van der Waals surface area contributed by atoms with Gasteiger partial charge in [-0.05, 0) is 54.4 Å². The van der Waals surface area contributed by atoms with E-state index in [0.29, 0.717) is 10.6 Å². The van der Waals surface area contributed by atoms with Crippen molar-refractivity contribution < 1.29 is 18.0 Å². The highest BCUT2D eigenvalue weighted by Gasteiger charge is 2.34. The smallest absolute Gasteiger partial charge is 0.264 e. The molecule has 0 aromatic heterocycles. The quantitative estimate of drug-likeness (QED) is 0.198. The number of rotatable bonds is 11. The minimum Gasteiger partial charge on any atom is -0.357 e. The van der Waals surface area contributed by atoms with Crippen molar-refractivity contribution in [3.05, 3.63) is 129 Å². The summed E-state index contributed by atoms with van der Waals surface area (Å²) in [4.78, 5) is 29.0. The zero-order chi connectivity index (χ0) is 31.1. The zero-order valence-corrected chi connectivity index (χ0v) is 26.6. The van der Waals surface area contributed by atoms with Crippen molar-refractivity contribution in [2.24, 2.45) is 0 Å². The predicted octanol–water partition coefficient (Wildman–Crippen LogP) is 6.54. The lowest BCUT2D eigenvalue weighted by Gasteiger charge is -2.33. The lowest BCUT2D eigenvalue weighted by atomic mass is 10.0. The maximum absolute atomic E-state index is 14.3. The van der Waals surface area contributed by atoms with Gasteiger partial charge < -0.3 is 10.2 Å². The molecule has 224 valence electrons. The number of carbonyl (C=O) groups is 2. The average molecular weight is 659 g/mol. The van der Waals surface area contributed by atoms with Crippen LogP contribution in [-0.4, -0.2) is 44.8 Å². The fourth-order valence-electron chi connectivity index (χ4n) is 4.54. The van der Waals surface area contributed by atoms with Crippen LogP contribution in [0.5, 0.6) is 0 Å². The van der Waals surface area contributed by atoms with E-state index in [0.717, 1.165) is 15.4 Å². The standard InChI is InChI=1S/C32H30Cl3N3O4S/c1-22-12-15-26(16-13-22)43(41,42)38(25-14-17-28(34)29(35)19-25)21-31(39)37(20-24-10-6-7-11-27(24)33)30(32(40)36-2)18-23-8-4-3-5-9-23/h3-17,19,30H,18,20-21H2,1-2H3,(H,36,40). The zero-order valence-electron chi connectivity index (χ0n) is 23.5. The normalized spacial score (nSPS) is 11.9. The molecule has 0 fully saturated rings. The third kappa shape index (κ3) is 7.89. The van der Waals surface area contributed by atoms with Gasteiger partial charge in [-0.3, -0.25) is 13.9 Å². The Morgan fingerprint density at radius 3 is 2.09 bits per heavy atom. The van der Waals surface area contributed by atoms with E-state index < -0.39 is 34.4 Å². The van der Waals surface area contributed by atoms with E-state index in [4.69, 9.17) is 34.8 Å². The molecule has 1 N–H and O–H groups in total. The highest BCUT2D eigenvalue weighted by Crippen LogP contribution is 2.31. The van der Waals surface area contributed by atoms with Gasteiger partial charge in [0.05, 0.1) is 20.6 Å². The molecule has 0 saturated carbocycles. The summed E-state index contributed by atoms with van der Waals surface area (Å²) >= 11 is 18.9. The summed E-state index contributed by atoms with van der Waals surface area (Å²) in [6.07, 6.45) is 0.189. The summed E-state index contributed by atoms with van der Waals surface area (Å²) in [6, 6.07) is 25.9. The molecule has 43 heavy (non-hydrogen) atoms. The summed E-state index contributed by atoms with van der Waals surface area (Å²) in [5.74, 6) is -1.03. The molecule has 4 aromatic rings. The Bertz CT molecular complexity index is 1700. The number of likely N-dealkylation sites (N-methyl/N-ethyl adjacent to an activating group) is 1. The predicted molar refractivity (Wildman–Crippen MR) is 172 cm³/mol. The van der Waals surface area contributed by atoms with Crippen molar-refractivity contribution in [1.29, 1.82) is 0 Å². The van der Waals surface area contributed by atoms with E-state index in [-0.39, 0.29) is 33.6 Å². The number of hydrogen-bond donors (Lipinski definition) is 1. The number of anilines is 1. The van der Waals surface area contributed by atoms with Crippen LogP contribution in [0.4, 0.5) is 5.69 Å². The van der Waals surface area contributed by atoms with Crippen LogP contribution in [0.3, 0.4) is 0 Å². The number of hydrogen-bond acceptors (Lipinski definition) is 4. The minimum absolute atomic E-state index is 0.0123. The number of carbonyl (C=O) groups excluding carboxylic acids is 2. The molecule has 0 bridgehead atoms. The highest BCUT2D eigenvalue weighted by atomic mass is 35.5. The number of amides is 2. The fourth-order valence-corrected chi connectivity index (χ4v) is 6.43. The highest BCUT2D eigenvalue weighted by molar-refractivity contribution is 7.92. The van der Waals surface area contributed by atoms with Crippen LogP contribution in [0.15, 0.2) is 102 Å². The molecule has 1 unspecified atom stereocenters. The molecular formula is C32H30Cl3N3O4S. The minimum atomic E-state index is -4.26. The van der Waals surface area contributed by atoms with E-state index in [1.54, 1.807) is 36.4 Å². The van der Waals surface area contributed by atoms with Gasteiger partial charge in [-0.25, -0.2) is 8.42 Å². The van der Waals surface area contributed by atoms with Crippen LogP contribution < -0.4 is 9.62 Å². The number of sulfonamides is 1. The van der Waals surface area contributed by atoms with Crippen molar-refractivity contribution in [2.45, 2.75) is 30.8 Å². The molecule has 4 rings (SSSR count). The molecule has 0 radical (unpaired) electrons. The first-order chi connectivity index (χ1) is 20.5. The van der Waals surface area contributed by atoms with Gasteiger partial charge in [0.15, 0.2) is 0 Å². The summed E-state index contributed by atoms with van der Waals surface area (Å²) in [6.45, 7) is 1.18. The van der Waals surface area contributed by atoms with Gasteiger partial charge in [0.2, 0.25) is 11.8 Å². The van der Waals surface area contributed by atoms with Crippen molar-refractivity contribution >= 4 is 62.3 Å². The number of nitrogens with one attached hydrogen (secondary N) is 1. The van der Waals surface area contributed by atoms with Crippen molar-refractivity contribution in [2.75, 3.05) is 17.9 Å². The van der Waals surface area contributed by atoms with Gasteiger partial charge >= 0.3 is 0 Å². The average Bonchev–Trinajstić information content (AvgIpc) is 3.00. The molecule has 7 nitrogen and oxygen atoms in total. The molecule has 1 atom stereocenters. The van der Waals surface area contributed by atoms with Gasteiger partial charge in [-0.15, -0.1) is 0 Å². The SMILES string of the molecule is CNC(=O)C(Cc1ccccc1)N(Cc1ccccc1Cl)C(=O)CN(c1ccc(Cl)c(Cl)c1)S(=O)(=O)c1ccc(C)cc1. The first-order valence-electron chi connectivity index (χ1n) is 13.3. The second-order valence-corrected chi connectivity index (χ2v) is 12.9. The third-order valence-corrected chi connectivity index (χ3v) is 9.79. The largest absolute Gasteiger partial charge is 0.357 e. The van der Waals surface area contributed by atoms with Crippen molar-refractivity contribution in [3.8, 4) is 0 Å². The molecule has 0 saturated heterocycles. The molecule has 0 aliphatic rings. The van der Waals surface area contributed by atoms with Crippen LogP contribution in [-0.2, 0) is 32.6 Å². The maximum atomic E-state index is 14.3. The molecule has 2 amide bonds. The van der Waals surface area contributed by atoms with Gasteiger partial charge in [0, 0.05) is 25.0 Å². The summed E-state index contributed by atoms with van der Waals surface area (Å²) in [5, 5.41) is 3.41. The Labute approximate surface area is 267 Å². The van der Waals surface area contributed by atoms with E-state index in [1.165, 1.54) is 42.3 Å². The van der Waals surface area contributed by atoms with Crippen LogP contribution >= 0.6 is 34.8 Å². The summed E-state index contributed by atoms with van der Waals surface area (Å²) < 4.78 is 29.1. The van der Waals surface area contributed by atoms with Crippen LogP contribution in [0.2, 0.25) is 15.1 Å². The van der Waals surface area contributed by atoms with E-state index >= 15 is 0 Å². The summed E-state index contributed by atoms with van der Waals surface area (Å²) in [7, 11) is -2.77. The Morgan fingerprint density at radius 2 is 1.47 bits per heavy atom. The van der Waals surface area contributed by atoms with Crippen LogP contribution in [0.1, 0.15) is 16.7 Å². The molecular weight excluding hydrogens is 629 g/mol. The third-order valence-electron chi connectivity index (χ3n) is 6.90. The van der Waals surface area contributed by atoms with Gasteiger partial charge in [-0.1, -0.05) is 101 Å². The molecule has 0 heterocycles. The molecule has 11 heteroatoms. The van der Waals surface area contributed by atoms with Gasteiger partial charge in [0.1, 0.15) is 12.6 Å². The molecule has 0 aliphatic carbocycles. The Kier molecular flexibility index (Phi) is 10.7. The van der Waals surface area contributed by atoms with Crippen molar-refractivity contribution in [3.63, 3.8) is 0 Å². The first-order valence-corrected chi connectivity index (χ1v) is 15.9. The van der Waals surface area contributed by atoms with E-state index in [2.05, 4.69) is 5.32 Å². The van der Waals surface area contributed by atoms with Crippen LogP contribution in [0.25, 0.3) is 0 Å². The Morgan fingerprint density at radius 1 is 0.814 bits per heavy atom. The molecule has 0 aliphatic heterocycles. The number of benzene rings is 4. The second-order valence-electron chi connectivity index (χ2n) is 9.86.